The second kappa shape index (κ2) is 6.16. The van der Waals surface area contributed by atoms with E-state index in [1.807, 2.05) is 0 Å². The van der Waals surface area contributed by atoms with Gasteiger partial charge in [-0.1, -0.05) is 35.3 Å². The van der Waals surface area contributed by atoms with E-state index in [2.05, 4.69) is 0 Å². The summed E-state index contributed by atoms with van der Waals surface area (Å²) in [6.07, 6.45) is 0. The molecule has 0 saturated heterocycles. The fraction of sp³-hybridized carbons (Fsp3) is 0.133. The van der Waals surface area contributed by atoms with Gasteiger partial charge in [-0.15, -0.1) is 0 Å². The summed E-state index contributed by atoms with van der Waals surface area (Å²) in [6.45, 7) is 1.55. The van der Waals surface area contributed by atoms with Crippen LogP contribution in [0, 0.1) is 0 Å². The van der Waals surface area contributed by atoms with Crippen molar-refractivity contribution in [3.8, 4) is 11.5 Å². The molecule has 0 aliphatic carbocycles. The van der Waals surface area contributed by atoms with E-state index in [0.717, 1.165) is 5.56 Å². The molecule has 20 heavy (non-hydrogen) atoms. The van der Waals surface area contributed by atoms with Gasteiger partial charge in [-0.3, -0.25) is 4.79 Å². The zero-order valence-corrected chi connectivity index (χ0v) is 12.2. The Morgan fingerprint density at radius 3 is 2.65 bits per heavy atom. The number of ether oxygens (including phenoxy) is 1. The Morgan fingerprint density at radius 1 is 1.25 bits per heavy atom. The van der Waals surface area contributed by atoms with Crippen LogP contribution in [0.2, 0.25) is 10.0 Å². The first-order valence-corrected chi connectivity index (χ1v) is 6.64. The van der Waals surface area contributed by atoms with Gasteiger partial charge in [0.1, 0.15) is 23.7 Å². The third kappa shape index (κ3) is 3.24. The Bertz CT molecular complexity index is 654. The number of hydrogen-bond donors (Lipinski definition) is 1. The van der Waals surface area contributed by atoms with E-state index in [9.17, 15) is 9.90 Å². The summed E-state index contributed by atoms with van der Waals surface area (Å²) in [5.74, 6) is -0.0407. The highest BCUT2D eigenvalue weighted by atomic mass is 35.5. The monoisotopic (exact) mass is 310 g/mol. The summed E-state index contributed by atoms with van der Waals surface area (Å²) in [5, 5.41) is 10.7. The van der Waals surface area contributed by atoms with E-state index >= 15 is 0 Å². The van der Waals surface area contributed by atoms with Gasteiger partial charge in [0.25, 0.3) is 0 Å². The number of rotatable bonds is 4. The molecule has 2 rings (SSSR count). The number of hydrogen-bond acceptors (Lipinski definition) is 3. The van der Waals surface area contributed by atoms with Crippen LogP contribution in [-0.2, 0) is 6.61 Å². The van der Waals surface area contributed by atoms with Gasteiger partial charge in [-0.25, -0.2) is 0 Å². The topological polar surface area (TPSA) is 46.5 Å². The molecule has 0 aliphatic rings. The highest BCUT2D eigenvalue weighted by Crippen LogP contribution is 2.29. The summed E-state index contributed by atoms with van der Waals surface area (Å²) < 4.78 is 5.58. The van der Waals surface area contributed by atoms with Crippen molar-refractivity contribution in [1.29, 1.82) is 0 Å². The molecule has 0 aliphatic heterocycles. The van der Waals surface area contributed by atoms with Crippen molar-refractivity contribution < 1.29 is 14.6 Å². The highest BCUT2D eigenvalue weighted by Gasteiger charge is 2.14. The number of Topliss-reactive ketones (excluding diaryl/α,β-unsaturated/α-hetero) is 1. The predicted molar refractivity (Wildman–Crippen MR) is 78.9 cm³/mol. The molecule has 104 valence electrons. The normalized spacial score (nSPS) is 10.3. The number of carbonyl (C=O) groups excluding carboxylic acids is 1. The molecule has 0 bridgehead atoms. The molecule has 0 spiro atoms. The third-order valence-corrected chi connectivity index (χ3v) is 3.34. The molecule has 2 aromatic carbocycles. The molecule has 5 heteroatoms. The van der Waals surface area contributed by atoms with Crippen LogP contribution in [0.25, 0.3) is 0 Å². The van der Waals surface area contributed by atoms with Crippen LogP contribution in [0.5, 0.6) is 11.5 Å². The van der Waals surface area contributed by atoms with Crippen LogP contribution in [0.15, 0.2) is 36.4 Å². The molecular weight excluding hydrogens is 299 g/mol. The van der Waals surface area contributed by atoms with Crippen molar-refractivity contribution in [2.24, 2.45) is 0 Å². The molecule has 2 aromatic rings. The molecule has 3 nitrogen and oxygen atoms in total. The van der Waals surface area contributed by atoms with Gasteiger partial charge in [0.2, 0.25) is 0 Å². The van der Waals surface area contributed by atoms with E-state index < -0.39 is 0 Å². The van der Waals surface area contributed by atoms with Gasteiger partial charge in [0, 0.05) is 15.6 Å². The Hall–Kier alpha value is -1.71. The van der Waals surface area contributed by atoms with Gasteiger partial charge in [0.15, 0.2) is 5.78 Å². The number of phenolic OH excluding ortho intramolecular Hbond substituents is 1. The first kappa shape index (κ1) is 14.7. The Kier molecular flexibility index (Phi) is 4.53. The molecule has 1 N–H and O–H groups in total. The molecule has 0 fully saturated rings. The van der Waals surface area contributed by atoms with Gasteiger partial charge < -0.3 is 9.84 Å². The fourth-order valence-corrected chi connectivity index (χ4v) is 2.25. The molecule has 0 radical (unpaired) electrons. The second-order valence-corrected chi connectivity index (χ2v) is 5.07. The van der Waals surface area contributed by atoms with Crippen molar-refractivity contribution in [3.63, 3.8) is 0 Å². The third-order valence-electron chi connectivity index (χ3n) is 2.75. The largest absolute Gasteiger partial charge is 0.507 e. The summed E-state index contributed by atoms with van der Waals surface area (Å²) in [6, 6.07) is 9.76. The minimum atomic E-state index is -0.264. The summed E-state index contributed by atoms with van der Waals surface area (Å²) in [5.41, 5.74) is 0.909. The number of benzene rings is 2. The van der Waals surface area contributed by atoms with Crippen LogP contribution >= 0.6 is 23.2 Å². The van der Waals surface area contributed by atoms with Crippen molar-refractivity contribution in [1.82, 2.24) is 0 Å². The van der Waals surface area contributed by atoms with Gasteiger partial charge >= 0.3 is 0 Å². The zero-order valence-electron chi connectivity index (χ0n) is 10.7. The maximum atomic E-state index is 11.5. The minimum Gasteiger partial charge on any atom is -0.507 e. The van der Waals surface area contributed by atoms with Crippen LogP contribution in [0.4, 0.5) is 0 Å². The first-order chi connectivity index (χ1) is 9.49. The van der Waals surface area contributed by atoms with Gasteiger partial charge in [-0.05, 0) is 31.2 Å². The standard InChI is InChI=1S/C15H12Cl2O3/c1-9(18)15-13(19)3-2-4-14(15)20-8-10-5-6-11(16)7-12(10)17/h2-7,19H,8H2,1H3. The maximum Gasteiger partial charge on any atom is 0.167 e. The lowest BCUT2D eigenvalue weighted by molar-refractivity contribution is 0.101. The van der Waals surface area contributed by atoms with Crippen LogP contribution in [0.1, 0.15) is 22.8 Å². The molecular formula is C15H12Cl2O3. The Balaban J connectivity index is 2.23. The van der Waals surface area contributed by atoms with Crippen molar-refractivity contribution in [2.75, 3.05) is 0 Å². The molecule has 0 aromatic heterocycles. The van der Waals surface area contributed by atoms with Crippen LogP contribution in [-0.4, -0.2) is 10.9 Å². The van der Waals surface area contributed by atoms with Crippen LogP contribution < -0.4 is 4.74 Å². The van der Waals surface area contributed by atoms with Gasteiger partial charge in [0.05, 0.1) is 0 Å². The smallest absolute Gasteiger partial charge is 0.167 e. The van der Waals surface area contributed by atoms with E-state index in [1.54, 1.807) is 30.3 Å². The van der Waals surface area contributed by atoms with Crippen molar-refractivity contribution in [2.45, 2.75) is 13.5 Å². The second-order valence-electron chi connectivity index (χ2n) is 4.23. The van der Waals surface area contributed by atoms with E-state index in [1.165, 1.54) is 13.0 Å². The molecule has 0 heterocycles. The number of carbonyl (C=O) groups is 1. The lowest BCUT2D eigenvalue weighted by Gasteiger charge is -2.12. The molecule has 0 amide bonds. The SMILES string of the molecule is CC(=O)c1c(O)cccc1OCc1ccc(Cl)cc1Cl. The first-order valence-electron chi connectivity index (χ1n) is 5.88. The van der Waals surface area contributed by atoms with E-state index in [4.69, 9.17) is 27.9 Å². The Morgan fingerprint density at radius 2 is 2.00 bits per heavy atom. The average Bonchev–Trinajstić information content (AvgIpc) is 2.37. The summed E-state index contributed by atoms with van der Waals surface area (Å²) in [4.78, 5) is 11.5. The lowest BCUT2D eigenvalue weighted by atomic mass is 10.1. The maximum absolute atomic E-state index is 11.5. The number of phenols is 1. The predicted octanol–water partition coefficient (Wildman–Crippen LogP) is 4.48. The summed E-state index contributed by atoms with van der Waals surface area (Å²) >= 11 is 11.9. The number of halogens is 2. The lowest BCUT2D eigenvalue weighted by Crippen LogP contribution is -2.02. The van der Waals surface area contributed by atoms with Gasteiger partial charge in [-0.2, -0.15) is 0 Å². The molecule has 0 unspecified atom stereocenters. The van der Waals surface area contributed by atoms with Crippen molar-refractivity contribution >= 4 is 29.0 Å². The average molecular weight is 311 g/mol. The zero-order chi connectivity index (χ0) is 14.7. The number of ketones is 1. The number of aromatic hydroxyl groups is 1. The Labute approximate surface area is 126 Å². The van der Waals surface area contributed by atoms with E-state index in [0.29, 0.717) is 15.8 Å². The molecule has 0 atom stereocenters. The summed E-state index contributed by atoms with van der Waals surface area (Å²) in [7, 11) is 0. The van der Waals surface area contributed by atoms with Crippen molar-refractivity contribution in [3.05, 3.63) is 57.6 Å². The van der Waals surface area contributed by atoms with E-state index in [-0.39, 0.29) is 23.7 Å². The minimum absolute atomic E-state index is 0.0998. The van der Waals surface area contributed by atoms with Crippen LogP contribution in [0.3, 0.4) is 0 Å². The quantitative estimate of drug-likeness (QED) is 0.847. The fourth-order valence-electron chi connectivity index (χ4n) is 1.79. The molecule has 0 saturated carbocycles. The highest BCUT2D eigenvalue weighted by molar-refractivity contribution is 6.35.